The monoisotopic (exact) mass is 144 g/mol. The predicted octanol–water partition coefficient (Wildman–Crippen LogP) is 0.0454. The van der Waals surface area contributed by atoms with Gasteiger partial charge >= 0.3 is 7.62 Å². The van der Waals surface area contributed by atoms with Gasteiger partial charge in [0.05, 0.1) is 11.2 Å². The molecule has 0 saturated heterocycles. The molecule has 0 aromatic carbocycles. The van der Waals surface area contributed by atoms with E-state index in [9.17, 15) is 5.11 Å². The molecule has 0 saturated carbocycles. The first kappa shape index (κ1) is 9.94. The van der Waals surface area contributed by atoms with Gasteiger partial charge in [-0.1, -0.05) is 0 Å². The molecule has 4 heteroatoms. The van der Waals surface area contributed by atoms with E-state index in [1.54, 1.807) is 27.7 Å². The Morgan fingerprint density at radius 2 is 1.70 bits per heavy atom. The first-order chi connectivity index (χ1) is 4.31. The van der Waals surface area contributed by atoms with E-state index in [0.29, 0.717) is 0 Å². The van der Waals surface area contributed by atoms with Crippen molar-refractivity contribution in [2.45, 2.75) is 38.9 Å². The Morgan fingerprint density at radius 3 is 1.80 bits per heavy atom. The van der Waals surface area contributed by atoms with Crippen LogP contribution in [-0.4, -0.2) is 23.9 Å². The van der Waals surface area contributed by atoms with Gasteiger partial charge in [0, 0.05) is 0 Å². The zero-order chi connectivity index (χ0) is 8.41. The molecule has 0 aromatic rings. The molecule has 10 heavy (non-hydrogen) atoms. The molecule has 3 N–H and O–H groups in total. The molecule has 0 unspecified atom stereocenters. The Morgan fingerprint density at radius 1 is 1.30 bits per heavy atom. The third-order valence-electron chi connectivity index (χ3n) is 1.84. The van der Waals surface area contributed by atoms with Crippen molar-refractivity contribution in [2.24, 2.45) is 5.64 Å². The van der Waals surface area contributed by atoms with Crippen molar-refractivity contribution < 1.29 is 9.76 Å². The first-order valence-electron chi connectivity index (χ1n) is 3.25. The molecule has 59 valence electrons. The van der Waals surface area contributed by atoms with Gasteiger partial charge in [0.1, 0.15) is 0 Å². The first-order valence-corrected chi connectivity index (χ1v) is 3.25. The van der Waals surface area contributed by atoms with Crippen LogP contribution in [0.2, 0.25) is 0 Å². The van der Waals surface area contributed by atoms with E-state index < -0.39 is 11.2 Å². The lowest BCUT2D eigenvalue weighted by atomic mass is 9.88. The molecule has 0 aliphatic rings. The molecule has 0 spiro atoms. The molecule has 0 rings (SSSR count). The number of rotatable bonds is 3. The van der Waals surface area contributed by atoms with Crippen LogP contribution < -0.4 is 5.64 Å². The van der Waals surface area contributed by atoms with Crippen molar-refractivity contribution in [3.63, 3.8) is 0 Å². The highest BCUT2D eigenvalue weighted by Crippen LogP contribution is 2.23. The van der Waals surface area contributed by atoms with Gasteiger partial charge in [0.15, 0.2) is 0 Å². The molecular weight excluding hydrogens is 129 g/mol. The summed E-state index contributed by atoms with van der Waals surface area (Å²) in [5, 5.41) is 9.48. The maximum absolute atomic E-state index is 9.48. The van der Waals surface area contributed by atoms with Crippen LogP contribution in [-0.2, 0) is 4.65 Å². The quantitative estimate of drug-likeness (QED) is 0.550. The average molecular weight is 144 g/mol. The van der Waals surface area contributed by atoms with Gasteiger partial charge < -0.3 is 15.4 Å². The van der Waals surface area contributed by atoms with Crippen LogP contribution in [0.3, 0.4) is 0 Å². The minimum absolute atomic E-state index is 0.637. The second kappa shape index (κ2) is 2.90. The van der Waals surface area contributed by atoms with E-state index in [2.05, 4.69) is 0 Å². The Bertz CT molecular complexity index is 109. The molecule has 0 bridgehead atoms. The van der Waals surface area contributed by atoms with Gasteiger partial charge in [0.25, 0.3) is 0 Å². The summed E-state index contributed by atoms with van der Waals surface area (Å²) in [6, 6.07) is 0. The minimum Gasteiger partial charge on any atom is -0.416 e. The summed E-state index contributed by atoms with van der Waals surface area (Å²) in [6.45, 7) is 6.90. The van der Waals surface area contributed by atoms with Gasteiger partial charge in [-0.25, -0.2) is 0 Å². The van der Waals surface area contributed by atoms with Crippen LogP contribution >= 0.6 is 0 Å². The van der Waals surface area contributed by atoms with E-state index in [-0.39, 0.29) is 0 Å². The lowest BCUT2D eigenvalue weighted by molar-refractivity contribution is -0.0903. The van der Waals surface area contributed by atoms with E-state index in [1.165, 1.54) is 0 Å². The average Bonchev–Trinajstić information content (AvgIpc) is 1.61. The fourth-order valence-corrected chi connectivity index (χ4v) is 0.314. The second-order valence-corrected chi connectivity index (χ2v) is 3.32. The number of hydrogen-bond donors (Lipinski definition) is 2. The van der Waals surface area contributed by atoms with Crippen LogP contribution in [0.15, 0.2) is 0 Å². The Labute approximate surface area is 62.9 Å². The summed E-state index contributed by atoms with van der Waals surface area (Å²) in [4.78, 5) is 0. The summed E-state index contributed by atoms with van der Waals surface area (Å²) in [6.07, 6.45) is 0. The third kappa shape index (κ3) is 2.29. The molecular formula is C6H15BNO2. The largest absolute Gasteiger partial charge is 0.416 e. The smallest absolute Gasteiger partial charge is 0.393 e. The summed E-state index contributed by atoms with van der Waals surface area (Å²) < 4.78 is 5.00. The van der Waals surface area contributed by atoms with E-state index in [4.69, 9.17) is 10.3 Å². The van der Waals surface area contributed by atoms with Crippen LogP contribution in [0.25, 0.3) is 0 Å². The fourth-order valence-electron chi connectivity index (χ4n) is 0.314. The van der Waals surface area contributed by atoms with Crippen LogP contribution in [0.1, 0.15) is 27.7 Å². The highest BCUT2D eigenvalue weighted by Gasteiger charge is 2.35. The van der Waals surface area contributed by atoms with Gasteiger partial charge in [-0.3, -0.25) is 0 Å². The minimum atomic E-state index is -0.886. The van der Waals surface area contributed by atoms with Crippen molar-refractivity contribution in [1.82, 2.24) is 0 Å². The van der Waals surface area contributed by atoms with Gasteiger partial charge in [-0.2, -0.15) is 0 Å². The Kier molecular flexibility index (Phi) is 2.89. The van der Waals surface area contributed by atoms with E-state index in [1.807, 2.05) is 0 Å². The molecule has 3 nitrogen and oxygen atoms in total. The maximum atomic E-state index is 9.48. The lowest BCUT2D eigenvalue weighted by Gasteiger charge is -2.36. The molecule has 0 atom stereocenters. The number of nitrogens with two attached hydrogens (primary N) is 1. The van der Waals surface area contributed by atoms with E-state index in [0.717, 1.165) is 7.62 Å². The van der Waals surface area contributed by atoms with Crippen molar-refractivity contribution in [3.05, 3.63) is 0 Å². The highest BCUT2D eigenvalue weighted by molar-refractivity contribution is 6.22. The fraction of sp³-hybridized carbons (Fsp3) is 1.00. The SMILES string of the molecule is CC(C)(O)C(C)(C)O[B]N. The normalized spacial score (nSPS) is 13.4. The van der Waals surface area contributed by atoms with Gasteiger partial charge in [0.2, 0.25) is 0 Å². The third-order valence-corrected chi connectivity index (χ3v) is 1.84. The summed E-state index contributed by atoms with van der Waals surface area (Å²) >= 11 is 0. The second-order valence-electron chi connectivity index (χ2n) is 3.32. The lowest BCUT2D eigenvalue weighted by Crippen LogP contribution is -2.49. The molecule has 1 radical (unpaired) electrons. The van der Waals surface area contributed by atoms with Crippen molar-refractivity contribution in [2.75, 3.05) is 0 Å². The van der Waals surface area contributed by atoms with Gasteiger partial charge in [-0.15, -0.1) is 0 Å². The molecule has 0 aromatic heterocycles. The molecule has 0 aliphatic carbocycles. The Hall–Kier alpha value is -0.0551. The summed E-state index contributed by atoms with van der Waals surface area (Å²) in [7, 11) is 1.10. The number of hydrogen-bond acceptors (Lipinski definition) is 3. The van der Waals surface area contributed by atoms with Crippen LogP contribution in [0.5, 0.6) is 0 Å². The van der Waals surface area contributed by atoms with Gasteiger partial charge in [-0.05, 0) is 27.7 Å². The zero-order valence-electron chi connectivity index (χ0n) is 7.01. The Balaban J connectivity index is 4.10. The summed E-state index contributed by atoms with van der Waals surface area (Å²) in [5.41, 5.74) is 3.53. The zero-order valence-corrected chi connectivity index (χ0v) is 7.01. The standard InChI is InChI=1S/C6H15BNO2/c1-5(2,9)6(3,4)10-7-8/h9H,8H2,1-4H3. The maximum Gasteiger partial charge on any atom is 0.393 e. The summed E-state index contributed by atoms with van der Waals surface area (Å²) in [5.74, 6) is 0. The van der Waals surface area contributed by atoms with Crippen LogP contribution in [0.4, 0.5) is 0 Å². The topological polar surface area (TPSA) is 55.5 Å². The molecule has 0 amide bonds. The number of aliphatic hydroxyl groups is 1. The molecule has 0 fully saturated rings. The highest BCUT2D eigenvalue weighted by atomic mass is 16.5. The van der Waals surface area contributed by atoms with Crippen molar-refractivity contribution in [3.8, 4) is 0 Å². The van der Waals surface area contributed by atoms with Crippen molar-refractivity contribution >= 4 is 7.62 Å². The molecule has 0 heterocycles. The van der Waals surface area contributed by atoms with E-state index >= 15 is 0 Å². The van der Waals surface area contributed by atoms with Crippen LogP contribution in [0, 0.1) is 0 Å². The predicted molar refractivity (Wildman–Crippen MR) is 41.4 cm³/mol. The van der Waals surface area contributed by atoms with Crippen molar-refractivity contribution in [1.29, 1.82) is 0 Å². The molecule has 0 aliphatic heterocycles.